The van der Waals surface area contributed by atoms with Gasteiger partial charge in [0.15, 0.2) is 5.78 Å². The van der Waals surface area contributed by atoms with E-state index < -0.39 is 6.61 Å². The first-order valence-electron chi connectivity index (χ1n) is 4.25. The SMILES string of the molecule is O=C[C@@H]1CCCN1OCC(=O)CO. The maximum atomic E-state index is 10.7. The summed E-state index contributed by atoms with van der Waals surface area (Å²) in [6, 6.07) is -0.230. The second-order valence-electron chi connectivity index (χ2n) is 2.96. The molecule has 5 heteroatoms. The van der Waals surface area contributed by atoms with E-state index in [4.69, 9.17) is 9.94 Å². The predicted octanol–water partition coefficient (Wildman–Crippen LogP) is -0.857. The molecule has 0 spiro atoms. The van der Waals surface area contributed by atoms with Crippen molar-refractivity contribution in [1.29, 1.82) is 0 Å². The van der Waals surface area contributed by atoms with Gasteiger partial charge in [-0.15, -0.1) is 0 Å². The molecule has 0 unspecified atom stereocenters. The first-order chi connectivity index (χ1) is 6.27. The highest BCUT2D eigenvalue weighted by Gasteiger charge is 2.25. The van der Waals surface area contributed by atoms with Crippen molar-refractivity contribution in [3.63, 3.8) is 0 Å². The molecule has 0 aromatic rings. The number of hydrogen-bond donors (Lipinski definition) is 1. The van der Waals surface area contributed by atoms with Crippen molar-refractivity contribution in [2.75, 3.05) is 19.8 Å². The summed E-state index contributed by atoms with van der Waals surface area (Å²) in [6.07, 6.45) is 2.49. The molecule has 1 heterocycles. The Bertz CT molecular complexity index is 195. The lowest BCUT2D eigenvalue weighted by Gasteiger charge is -2.18. The van der Waals surface area contributed by atoms with Crippen LogP contribution in [0.5, 0.6) is 0 Å². The summed E-state index contributed by atoms with van der Waals surface area (Å²) in [7, 11) is 0. The third kappa shape index (κ3) is 2.87. The van der Waals surface area contributed by atoms with Crippen LogP contribution < -0.4 is 0 Å². The van der Waals surface area contributed by atoms with Crippen molar-refractivity contribution in [3.05, 3.63) is 0 Å². The fourth-order valence-corrected chi connectivity index (χ4v) is 1.26. The average molecular weight is 187 g/mol. The van der Waals surface area contributed by atoms with Crippen molar-refractivity contribution < 1.29 is 19.5 Å². The van der Waals surface area contributed by atoms with Crippen LogP contribution in [0.3, 0.4) is 0 Å². The maximum Gasteiger partial charge on any atom is 0.185 e. The smallest absolute Gasteiger partial charge is 0.185 e. The summed E-state index contributed by atoms with van der Waals surface area (Å²) in [6.45, 7) is 0.00253. The standard InChI is InChI=1S/C8H13NO4/c10-4-7-2-1-3-9(7)13-6-8(12)5-11/h4,7,11H,1-3,5-6H2/t7-/m0/s1. The largest absolute Gasteiger partial charge is 0.388 e. The Kier molecular flexibility index (Phi) is 4.01. The van der Waals surface area contributed by atoms with Crippen molar-refractivity contribution >= 4 is 12.1 Å². The van der Waals surface area contributed by atoms with Gasteiger partial charge in [-0.1, -0.05) is 0 Å². The number of carbonyl (C=O) groups is 2. The van der Waals surface area contributed by atoms with Crippen molar-refractivity contribution in [2.45, 2.75) is 18.9 Å². The zero-order chi connectivity index (χ0) is 9.68. The van der Waals surface area contributed by atoms with E-state index in [1.54, 1.807) is 0 Å². The molecule has 0 amide bonds. The Morgan fingerprint density at radius 2 is 2.46 bits per heavy atom. The monoisotopic (exact) mass is 187 g/mol. The van der Waals surface area contributed by atoms with Crippen LogP contribution in [0.25, 0.3) is 0 Å². The third-order valence-corrected chi connectivity index (χ3v) is 1.97. The van der Waals surface area contributed by atoms with E-state index in [-0.39, 0.29) is 18.4 Å². The molecule has 1 saturated heterocycles. The Morgan fingerprint density at radius 1 is 1.69 bits per heavy atom. The van der Waals surface area contributed by atoms with E-state index in [1.807, 2.05) is 0 Å². The van der Waals surface area contributed by atoms with Crippen LogP contribution in [0, 0.1) is 0 Å². The molecule has 1 rings (SSSR count). The van der Waals surface area contributed by atoms with Gasteiger partial charge in [0.25, 0.3) is 0 Å². The number of aliphatic hydroxyl groups excluding tert-OH is 1. The van der Waals surface area contributed by atoms with Crippen LogP contribution in [0.2, 0.25) is 0 Å². The summed E-state index contributed by atoms with van der Waals surface area (Å²) in [4.78, 5) is 26.2. The maximum absolute atomic E-state index is 10.7. The zero-order valence-electron chi connectivity index (χ0n) is 7.31. The number of carbonyl (C=O) groups excluding carboxylic acids is 2. The summed E-state index contributed by atoms with van der Waals surface area (Å²) in [5, 5.41) is 9.91. The second kappa shape index (κ2) is 5.06. The van der Waals surface area contributed by atoms with E-state index >= 15 is 0 Å². The molecule has 1 aliphatic heterocycles. The molecule has 1 N–H and O–H groups in total. The summed E-state index contributed by atoms with van der Waals surface area (Å²) >= 11 is 0. The van der Waals surface area contributed by atoms with Crippen molar-refractivity contribution in [1.82, 2.24) is 5.06 Å². The Balaban J connectivity index is 2.27. The lowest BCUT2D eigenvalue weighted by molar-refractivity contribution is -0.177. The van der Waals surface area contributed by atoms with Gasteiger partial charge in [0.2, 0.25) is 0 Å². The van der Waals surface area contributed by atoms with Gasteiger partial charge in [0, 0.05) is 6.54 Å². The van der Waals surface area contributed by atoms with Gasteiger partial charge >= 0.3 is 0 Å². The Labute approximate surface area is 76.2 Å². The van der Waals surface area contributed by atoms with E-state index in [2.05, 4.69) is 0 Å². The van der Waals surface area contributed by atoms with E-state index in [0.717, 1.165) is 19.1 Å². The normalized spacial score (nSPS) is 23.3. The van der Waals surface area contributed by atoms with Gasteiger partial charge < -0.3 is 9.90 Å². The van der Waals surface area contributed by atoms with Gasteiger partial charge in [-0.3, -0.25) is 9.63 Å². The van der Waals surface area contributed by atoms with Crippen molar-refractivity contribution in [3.8, 4) is 0 Å². The fraction of sp³-hybridized carbons (Fsp3) is 0.750. The summed E-state index contributed by atoms with van der Waals surface area (Å²) in [5.74, 6) is -0.378. The summed E-state index contributed by atoms with van der Waals surface area (Å²) < 4.78 is 0. The van der Waals surface area contributed by atoms with Gasteiger partial charge in [-0.25, -0.2) is 0 Å². The highest BCUT2D eigenvalue weighted by molar-refractivity contribution is 5.80. The van der Waals surface area contributed by atoms with Crippen LogP contribution in [0.4, 0.5) is 0 Å². The van der Waals surface area contributed by atoms with Gasteiger partial charge in [-0.05, 0) is 12.8 Å². The topological polar surface area (TPSA) is 66.8 Å². The number of ketones is 1. The van der Waals surface area contributed by atoms with Gasteiger partial charge in [0.1, 0.15) is 19.5 Å². The van der Waals surface area contributed by atoms with Gasteiger partial charge in [-0.2, -0.15) is 5.06 Å². The van der Waals surface area contributed by atoms with Crippen LogP contribution in [0.1, 0.15) is 12.8 Å². The van der Waals surface area contributed by atoms with E-state index in [0.29, 0.717) is 6.54 Å². The number of nitrogens with zero attached hydrogens (tertiary/aromatic N) is 1. The average Bonchev–Trinajstić information content (AvgIpc) is 2.61. The number of rotatable bonds is 5. The van der Waals surface area contributed by atoms with Crippen molar-refractivity contribution in [2.24, 2.45) is 0 Å². The first kappa shape index (κ1) is 10.3. The van der Waals surface area contributed by atoms with E-state index in [1.165, 1.54) is 5.06 Å². The number of Topliss-reactive ketones (excluding diaryl/α,β-unsaturated/α-hetero) is 1. The van der Waals surface area contributed by atoms with Crippen LogP contribution in [0.15, 0.2) is 0 Å². The molecule has 0 bridgehead atoms. The lowest BCUT2D eigenvalue weighted by Crippen LogP contribution is -2.33. The van der Waals surface area contributed by atoms with Crippen LogP contribution >= 0.6 is 0 Å². The molecule has 1 fully saturated rings. The third-order valence-electron chi connectivity index (χ3n) is 1.97. The fourth-order valence-electron chi connectivity index (χ4n) is 1.26. The Morgan fingerprint density at radius 3 is 3.08 bits per heavy atom. The molecule has 1 aliphatic rings. The van der Waals surface area contributed by atoms with Gasteiger partial charge in [0.05, 0.1) is 6.04 Å². The lowest BCUT2D eigenvalue weighted by atomic mass is 10.2. The molecule has 74 valence electrons. The molecular weight excluding hydrogens is 174 g/mol. The summed E-state index contributed by atoms with van der Waals surface area (Å²) in [5.41, 5.74) is 0. The molecule has 0 radical (unpaired) electrons. The second-order valence-corrected chi connectivity index (χ2v) is 2.96. The number of aliphatic hydroxyl groups is 1. The molecule has 1 atom stereocenters. The van der Waals surface area contributed by atoms with Crippen LogP contribution in [-0.2, 0) is 14.4 Å². The number of hydrogen-bond acceptors (Lipinski definition) is 5. The molecular formula is C8H13NO4. The minimum atomic E-state index is -0.514. The number of hydroxylamine groups is 2. The zero-order valence-corrected chi connectivity index (χ0v) is 7.31. The molecule has 5 nitrogen and oxygen atoms in total. The molecule has 13 heavy (non-hydrogen) atoms. The van der Waals surface area contributed by atoms with Crippen LogP contribution in [-0.4, -0.2) is 48.0 Å². The number of aldehydes is 1. The molecule has 0 aliphatic carbocycles. The Hall–Kier alpha value is -0.780. The molecule has 0 aromatic heterocycles. The molecule has 0 saturated carbocycles. The quantitative estimate of drug-likeness (QED) is 0.567. The predicted molar refractivity (Wildman–Crippen MR) is 43.8 cm³/mol. The van der Waals surface area contributed by atoms with E-state index in [9.17, 15) is 9.59 Å². The first-order valence-corrected chi connectivity index (χ1v) is 4.25. The highest BCUT2D eigenvalue weighted by Crippen LogP contribution is 2.14. The molecule has 0 aromatic carbocycles. The minimum Gasteiger partial charge on any atom is -0.388 e. The minimum absolute atomic E-state index is 0.152. The highest BCUT2D eigenvalue weighted by atomic mass is 16.7.